The van der Waals surface area contributed by atoms with Gasteiger partial charge in [-0.15, -0.1) is 0 Å². The lowest BCUT2D eigenvalue weighted by Gasteiger charge is -2.05. The van der Waals surface area contributed by atoms with Crippen LogP contribution >= 0.6 is 0 Å². The van der Waals surface area contributed by atoms with Gasteiger partial charge in [-0.1, -0.05) is 18.2 Å². The summed E-state index contributed by atoms with van der Waals surface area (Å²) in [5.41, 5.74) is 1.58. The van der Waals surface area contributed by atoms with E-state index in [1.54, 1.807) is 19.1 Å². The predicted molar refractivity (Wildman–Crippen MR) is 60.9 cm³/mol. The minimum atomic E-state index is -0.346. The smallest absolute Gasteiger partial charge is 0.258 e. The van der Waals surface area contributed by atoms with Crippen molar-refractivity contribution in [1.29, 1.82) is 5.26 Å². The third-order valence-corrected chi connectivity index (χ3v) is 2.57. The molecule has 0 radical (unpaired) electrons. The second kappa shape index (κ2) is 5.26. The highest BCUT2D eigenvalue weighted by molar-refractivity contribution is 5.47. The number of para-hydroxylation sites is 1. The van der Waals surface area contributed by atoms with Crippen molar-refractivity contribution in [2.24, 2.45) is 5.92 Å². The number of nitrogens with zero attached hydrogens (tertiary/aromatic N) is 2. The number of nitro groups is 1. The minimum Gasteiger partial charge on any atom is -0.258 e. The quantitative estimate of drug-likeness (QED) is 0.576. The maximum Gasteiger partial charge on any atom is 0.275 e. The second-order valence-electron chi connectivity index (χ2n) is 3.91. The molecule has 16 heavy (non-hydrogen) atoms. The molecule has 0 saturated carbocycles. The van der Waals surface area contributed by atoms with Gasteiger partial charge in [0.2, 0.25) is 0 Å². The maximum absolute atomic E-state index is 10.9. The first-order chi connectivity index (χ1) is 7.56. The average molecular weight is 218 g/mol. The van der Waals surface area contributed by atoms with E-state index in [2.05, 4.69) is 6.07 Å². The van der Waals surface area contributed by atoms with Gasteiger partial charge in [-0.05, 0) is 26.7 Å². The van der Waals surface area contributed by atoms with Crippen molar-refractivity contribution in [3.63, 3.8) is 0 Å². The van der Waals surface area contributed by atoms with Gasteiger partial charge in [-0.2, -0.15) is 5.26 Å². The van der Waals surface area contributed by atoms with Gasteiger partial charge in [0.1, 0.15) is 0 Å². The lowest BCUT2D eigenvalue weighted by Crippen LogP contribution is -2.00. The van der Waals surface area contributed by atoms with E-state index in [1.165, 1.54) is 0 Å². The molecule has 0 fully saturated rings. The molecular formula is C12H14N2O2. The largest absolute Gasteiger partial charge is 0.275 e. The highest BCUT2D eigenvalue weighted by Gasteiger charge is 2.16. The van der Waals surface area contributed by atoms with Gasteiger partial charge in [0.15, 0.2) is 0 Å². The molecule has 1 aromatic rings. The van der Waals surface area contributed by atoms with Crippen LogP contribution in [0.25, 0.3) is 0 Å². The first-order valence-corrected chi connectivity index (χ1v) is 5.18. The van der Waals surface area contributed by atoms with Crippen molar-refractivity contribution in [3.05, 3.63) is 39.4 Å². The highest BCUT2D eigenvalue weighted by Crippen LogP contribution is 2.25. The highest BCUT2D eigenvalue weighted by atomic mass is 16.6. The third-order valence-electron chi connectivity index (χ3n) is 2.57. The Balaban J connectivity index is 2.92. The summed E-state index contributed by atoms with van der Waals surface area (Å²) in [4.78, 5) is 10.6. The number of hydrogen-bond donors (Lipinski definition) is 0. The Bertz CT molecular complexity index is 435. The van der Waals surface area contributed by atoms with Crippen LogP contribution in [0, 0.1) is 34.3 Å². The molecule has 4 nitrogen and oxygen atoms in total. The first kappa shape index (κ1) is 12.2. The summed E-state index contributed by atoms with van der Waals surface area (Å²) >= 11 is 0. The van der Waals surface area contributed by atoms with Crippen LogP contribution in [0.3, 0.4) is 0 Å². The van der Waals surface area contributed by atoms with Gasteiger partial charge in [0.25, 0.3) is 5.69 Å². The Morgan fingerprint density at radius 3 is 2.81 bits per heavy atom. The minimum absolute atomic E-state index is 0.0693. The van der Waals surface area contributed by atoms with Crippen molar-refractivity contribution < 1.29 is 4.92 Å². The van der Waals surface area contributed by atoms with Crippen molar-refractivity contribution in [3.8, 4) is 6.07 Å². The van der Waals surface area contributed by atoms with Crippen LogP contribution < -0.4 is 0 Å². The molecule has 84 valence electrons. The van der Waals surface area contributed by atoms with E-state index in [1.807, 2.05) is 13.0 Å². The fourth-order valence-electron chi connectivity index (χ4n) is 1.62. The summed E-state index contributed by atoms with van der Waals surface area (Å²) in [7, 11) is 0. The molecule has 1 aromatic carbocycles. The molecule has 0 bridgehead atoms. The molecule has 4 heteroatoms. The Morgan fingerprint density at radius 1 is 1.56 bits per heavy atom. The van der Waals surface area contributed by atoms with E-state index in [0.717, 1.165) is 0 Å². The lowest BCUT2D eigenvalue weighted by molar-refractivity contribution is -0.386. The molecule has 1 atom stereocenters. The molecule has 0 spiro atoms. The zero-order chi connectivity index (χ0) is 12.1. The number of hydrogen-bond acceptors (Lipinski definition) is 3. The molecule has 0 aliphatic rings. The Kier molecular flexibility index (Phi) is 4.01. The van der Waals surface area contributed by atoms with Crippen LogP contribution in [0.2, 0.25) is 0 Å². The molecule has 0 amide bonds. The Hall–Kier alpha value is -1.89. The van der Waals surface area contributed by atoms with Crippen molar-refractivity contribution >= 4 is 5.69 Å². The van der Waals surface area contributed by atoms with Gasteiger partial charge in [-0.3, -0.25) is 10.1 Å². The van der Waals surface area contributed by atoms with Crippen LogP contribution in [0.4, 0.5) is 5.69 Å². The predicted octanol–water partition coefficient (Wildman–Crippen LogP) is 3.00. The Labute approximate surface area is 94.7 Å². The van der Waals surface area contributed by atoms with E-state index in [-0.39, 0.29) is 16.5 Å². The summed E-state index contributed by atoms with van der Waals surface area (Å²) in [5.74, 6) is -0.0693. The molecule has 0 aromatic heterocycles. The van der Waals surface area contributed by atoms with Crippen LogP contribution in [-0.2, 0) is 6.42 Å². The summed E-state index contributed by atoms with van der Waals surface area (Å²) in [6.07, 6.45) is 1.23. The SMILES string of the molecule is Cc1cccc(CCC(C)C#N)c1[N+](=O)[O-]. The molecular weight excluding hydrogens is 204 g/mol. The zero-order valence-corrected chi connectivity index (χ0v) is 9.43. The molecule has 0 aliphatic heterocycles. The van der Waals surface area contributed by atoms with Crippen molar-refractivity contribution in [1.82, 2.24) is 0 Å². The van der Waals surface area contributed by atoms with E-state index in [0.29, 0.717) is 24.0 Å². The monoisotopic (exact) mass is 218 g/mol. The number of nitriles is 1. The maximum atomic E-state index is 10.9. The van der Waals surface area contributed by atoms with E-state index in [4.69, 9.17) is 5.26 Å². The van der Waals surface area contributed by atoms with E-state index in [9.17, 15) is 10.1 Å². The van der Waals surface area contributed by atoms with Gasteiger partial charge < -0.3 is 0 Å². The first-order valence-electron chi connectivity index (χ1n) is 5.18. The number of nitro benzene ring substituents is 1. The lowest BCUT2D eigenvalue weighted by atomic mass is 9.99. The van der Waals surface area contributed by atoms with Gasteiger partial charge in [0.05, 0.1) is 11.0 Å². The van der Waals surface area contributed by atoms with Gasteiger partial charge in [-0.25, -0.2) is 0 Å². The van der Waals surface area contributed by atoms with E-state index < -0.39 is 0 Å². The normalized spacial score (nSPS) is 11.8. The molecule has 1 rings (SSSR count). The number of benzene rings is 1. The van der Waals surface area contributed by atoms with Crippen molar-refractivity contribution in [2.45, 2.75) is 26.7 Å². The fraction of sp³-hybridized carbons (Fsp3) is 0.417. The van der Waals surface area contributed by atoms with E-state index >= 15 is 0 Å². The second-order valence-corrected chi connectivity index (χ2v) is 3.91. The molecule has 0 heterocycles. The fourth-order valence-corrected chi connectivity index (χ4v) is 1.62. The summed E-state index contributed by atoms with van der Waals surface area (Å²) in [5, 5.41) is 19.6. The molecule has 0 saturated heterocycles. The van der Waals surface area contributed by atoms with Crippen LogP contribution in [-0.4, -0.2) is 4.92 Å². The van der Waals surface area contributed by atoms with Crippen LogP contribution in [0.15, 0.2) is 18.2 Å². The average Bonchev–Trinajstić information content (AvgIpc) is 2.25. The number of aryl methyl sites for hydroxylation is 2. The molecule has 1 unspecified atom stereocenters. The van der Waals surface area contributed by atoms with Gasteiger partial charge >= 0.3 is 0 Å². The number of rotatable bonds is 4. The van der Waals surface area contributed by atoms with Gasteiger partial charge in [0, 0.05) is 17.0 Å². The zero-order valence-electron chi connectivity index (χ0n) is 9.43. The summed E-state index contributed by atoms with van der Waals surface area (Å²) in [6, 6.07) is 7.43. The Morgan fingerprint density at radius 2 is 2.25 bits per heavy atom. The third kappa shape index (κ3) is 2.80. The van der Waals surface area contributed by atoms with Crippen molar-refractivity contribution in [2.75, 3.05) is 0 Å². The summed E-state index contributed by atoms with van der Waals surface area (Å²) < 4.78 is 0. The molecule has 0 N–H and O–H groups in total. The van der Waals surface area contributed by atoms with Crippen LogP contribution in [0.1, 0.15) is 24.5 Å². The standard InChI is InChI=1S/C12H14N2O2/c1-9(8-13)6-7-11-5-3-4-10(2)12(11)14(15)16/h3-5,9H,6-7H2,1-2H3. The summed E-state index contributed by atoms with van der Waals surface area (Å²) in [6.45, 7) is 3.55. The topological polar surface area (TPSA) is 66.9 Å². The molecule has 0 aliphatic carbocycles. The van der Waals surface area contributed by atoms with Crippen LogP contribution in [0.5, 0.6) is 0 Å².